The highest BCUT2D eigenvalue weighted by atomic mass is 35.5. The lowest BCUT2D eigenvalue weighted by atomic mass is 10.1. The van der Waals surface area contributed by atoms with Crippen LogP contribution in [0.4, 0.5) is 5.95 Å². The number of carbonyl (C=O) groups is 2. The van der Waals surface area contributed by atoms with Gasteiger partial charge in [-0.3, -0.25) is 9.59 Å². The van der Waals surface area contributed by atoms with Crippen LogP contribution in [0, 0.1) is 0 Å². The van der Waals surface area contributed by atoms with Crippen LogP contribution in [0.1, 0.15) is 23.2 Å². The van der Waals surface area contributed by atoms with E-state index < -0.39 is 0 Å². The highest BCUT2D eigenvalue weighted by Crippen LogP contribution is 2.33. The fraction of sp³-hybridized carbons (Fsp3) is 0.294. The molecular weight excluding hydrogens is 409 g/mol. The van der Waals surface area contributed by atoms with Gasteiger partial charge < -0.3 is 16.4 Å². The third kappa shape index (κ3) is 5.03. The topological polar surface area (TPSA) is 110 Å². The van der Waals surface area contributed by atoms with Gasteiger partial charge in [-0.15, -0.1) is 11.8 Å². The van der Waals surface area contributed by atoms with Gasteiger partial charge in [0, 0.05) is 30.8 Å². The molecule has 3 rings (SSSR count). The maximum absolute atomic E-state index is 12.5. The van der Waals surface area contributed by atoms with Gasteiger partial charge in [0.1, 0.15) is 5.03 Å². The Bertz CT molecular complexity index is 894. The van der Waals surface area contributed by atoms with Crippen LogP contribution in [0.15, 0.2) is 23.2 Å². The Balaban J connectivity index is 2.03. The molecule has 7 nitrogen and oxygen atoms in total. The van der Waals surface area contributed by atoms with Crippen molar-refractivity contribution in [1.82, 2.24) is 20.6 Å². The lowest BCUT2D eigenvalue weighted by Crippen LogP contribution is -2.28. The summed E-state index contributed by atoms with van der Waals surface area (Å²) < 4.78 is 0. The molecule has 2 aromatic rings. The molecule has 1 aliphatic rings. The number of benzene rings is 1. The van der Waals surface area contributed by atoms with E-state index in [1.807, 2.05) is 0 Å². The molecule has 1 aromatic carbocycles. The highest BCUT2D eigenvalue weighted by Gasteiger charge is 2.17. The minimum Gasteiger partial charge on any atom is -0.368 e. The summed E-state index contributed by atoms with van der Waals surface area (Å²) in [6.07, 6.45) is 0.858. The molecule has 0 saturated heterocycles. The molecule has 0 radical (unpaired) electrons. The van der Waals surface area contributed by atoms with Gasteiger partial charge >= 0.3 is 0 Å². The molecule has 10 heteroatoms. The molecule has 1 aliphatic heterocycles. The fourth-order valence-electron chi connectivity index (χ4n) is 2.55. The number of halogens is 2. The summed E-state index contributed by atoms with van der Waals surface area (Å²) in [5.41, 5.74) is 7.15. The minimum absolute atomic E-state index is 0.0633. The standard InChI is InChI=1S/C17H17Cl2N5O2S/c18-11-7-12(19)10-6-9(11)13-8-15(24-17(20)23-13)27-5-4-21-14(25)2-1-3-22-16(10)26/h6-8H,1-5H2,(H,21,25)(H,22,26)(H2,20,23,24). The number of anilines is 1. The van der Waals surface area contributed by atoms with Crippen LogP contribution in [0.5, 0.6) is 0 Å². The second-order valence-corrected chi connectivity index (χ2v) is 7.75. The fourth-order valence-corrected chi connectivity index (χ4v) is 3.89. The Morgan fingerprint density at radius 1 is 1.00 bits per heavy atom. The Morgan fingerprint density at radius 3 is 2.59 bits per heavy atom. The van der Waals surface area contributed by atoms with E-state index in [4.69, 9.17) is 28.9 Å². The summed E-state index contributed by atoms with van der Waals surface area (Å²) in [4.78, 5) is 32.7. The molecule has 0 atom stereocenters. The van der Waals surface area contributed by atoms with Crippen molar-refractivity contribution < 1.29 is 9.59 Å². The first-order valence-corrected chi connectivity index (χ1v) is 10.00. The first-order chi connectivity index (χ1) is 12.9. The molecule has 0 unspecified atom stereocenters. The van der Waals surface area contributed by atoms with Crippen molar-refractivity contribution in [2.45, 2.75) is 17.9 Å². The van der Waals surface area contributed by atoms with Gasteiger partial charge in [-0.2, -0.15) is 0 Å². The van der Waals surface area contributed by atoms with Crippen molar-refractivity contribution in [3.63, 3.8) is 0 Å². The van der Waals surface area contributed by atoms with Crippen molar-refractivity contribution in [2.75, 3.05) is 24.6 Å². The second kappa shape index (κ2) is 8.77. The average molecular weight is 426 g/mol. The number of nitrogen functional groups attached to an aromatic ring is 1. The molecule has 2 heterocycles. The summed E-state index contributed by atoms with van der Waals surface area (Å²) in [5.74, 6) is 0.323. The zero-order chi connectivity index (χ0) is 19.4. The summed E-state index contributed by atoms with van der Waals surface area (Å²) >= 11 is 14.0. The first kappa shape index (κ1) is 19.7. The summed E-state index contributed by atoms with van der Waals surface area (Å²) in [6.45, 7) is 0.862. The normalized spacial score (nSPS) is 15.8. The molecule has 142 valence electrons. The van der Waals surface area contributed by atoms with Gasteiger partial charge in [-0.25, -0.2) is 9.97 Å². The highest BCUT2D eigenvalue weighted by molar-refractivity contribution is 7.99. The first-order valence-electron chi connectivity index (χ1n) is 8.25. The number of hydrogen-bond donors (Lipinski definition) is 3. The van der Waals surface area contributed by atoms with E-state index in [1.54, 1.807) is 12.1 Å². The number of carbonyl (C=O) groups excluding carboxylic acids is 2. The van der Waals surface area contributed by atoms with E-state index in [-0.39, 0.29) is 28.3 Å². The van der Waals surface area contributed by atoms with E-state index >= 15 is 0 Å². The van der Waals surface area contributed by atoms with E-state index in [2.05, 4.69) is 20.6 Å². The zero-order valence-electron chi connectivity index (χ0n) is 14.2. The third-order valence-electron chi connectivity index (χ3n) is 3.84. The van der Waals surface area contributed by atoms with Crippen LogP contribution in [0.2, 0.25) is 10.0 Å². The minimum atomic E-state index is -0.345. The number of nitrogens with one attached hydrogen (secondary N) is 2. The molecule has 27 heavy (non-hydrogen) atoms. The molecular formula is C17H17Cl2N5O2S. The monoisotopic (exact) mass is 425 g/mol. The lowest BCUT2D eigenvalue weighted by Gasteiger charge is -2.12. The summed E-state index contributed by atoms with van der Waals surface area (Å²) in [5, 5.41) is 6.84. The van der Waals surface area contributed by atoms with E-state index in [9.17, 15) is 9.59 Å². The molecule has 0 spiro atoms. The summed E-state index contributed by atoms with van der Waals surface area (Å²) in [7, 11) is 0. The zero-order valence-corrected chi connectivity index (χ0v) is 16.5. The van der Waals surface area contributed by atoms with Crippen LogP contribution in [-0.4, -0.2) is 40.6 Å². The van der Waals surface area contributed by atoms with Crippen LogP contribution in [0.3, 0.4) is 0 Å². The SMILES string of the molecule is Nc1nc2cc(n1)-c1cc(c(Cl)cc1Cl)C(=O)NCCCC(=O)NCCS2. The predicted molar refractivity (Wildman–Crippen MR) is 107 cm³/mol. The second-order valence-electron chi connectivity index (χ2n) is 5.82. The van der Waals surface area contributed by atoms with Gasteiger partial charge in [0.15, 0.2) is 0 Å². The quantitative estimate of drug-likeness (QED) is 0.559. The number of aromatic nitrogens is 2. The number of nitrogens with two attached hydrogens (primary N) is 1. The molecule has 0 aliphatic carbocycles. The largest absolute Gasteiger partial charge is 0.368 e. The van der Waals surface area contributed by atoms with Crippen molar-refractivity contribution >= 4 is 52.7 Å². The average Bonchev–Trinajstić information content (AvgIpc) is 2.61. The van der Waals surface area contributed by atoms with Crippen molar-refractivity contribution in [1.29, 1.82) is 0 Å². The molecule has 0 fully saturated rings. The number of hydrogen-bond acceptors (Lipinski definition) is 6. The molecule has 0 saturated carbocycles. The number of thioether (sulfide) groups is 1. The maximum Gasteiger partial charge on any atom is 0.252 e. The molecule has 1 aromatic heterocycles. The van der Waals surface area contributed by atoms with Gasteiger partial charge in [0.05, 0.1) is 21.3 Å². The molecule has 4 N–H and O–H groups in total. The number of amides is 2. The maximum atomic E-state index is 12.5. The number of fused-ring (bicyclic) bond motifs is 5. The van der Waals surface area contributed by atoms with Crippen molar-refractivity contribution in [3.8, 4) is 11.3 Å². The van der Waals surface area contributed by atoms with Crippen molar-refractivity contribution in [2.24, 2.45) is 0 Å². The Kier molecular flexibility index (Phi) is 6.41. The van der Waals surface area contributed by atoms with E-state index in [0.717, 1.165) is 0 Å². The molecule has 2 amide bonds. The third-order valence-corrected chi connectivity index (χ3v) is 5.38. The van der Waals surface area contributed by atoms with Crippen LogP contribution < -0.4 is 16.4 Å². The van der Waals surface area contributed by atoms with Crippen molar-refractivity contribution in [3.05, 3.63) is 33.8 Å². The smallest absolute Gasteiger partial charge is 0.252 e. The van der Waals surface area contributed by atoms with E-state index in [1.165, 1.54) is 17.8 Å². The van der Waals surface area contributed by atoms with Gasteiger partial charge in [0.2, 0.25) is 11.9 Å². The van der Waals surface area contributed by atoms with Crippen LogP contribution in [0.25, 0.3) is 11.3 Å². The number of rotatable bonds is 0. The van der Waals surface area contributed by atoms with Crippen LogP contribution >= 0.6 is 35.0 Å². The van der Waals surface area contributed by atoms with Gasteiger partial charge in [-0.1, -0.05) is 23.2 Å². The number of nitrogens with zero attached hydrogens (tertiary/aromatic N) is 2. The van der Waals surface area contributed by atoms with Gasteiger partial charge in [0.25, 0.3) is 5.91 Å². The van der Waals surface area contributed by atoms with Gasteiger partial charge in [-0.05, 0) is 24.6 Å². The Labute approximate surface area is 170 Å². The Morgan fingerprint density at radius 2 is 1.78 bits per heavy atom. The summed E-state index contributed by atoms with van der Waals surface area (Å²) in [6, 6.07) is 4.84. The lowest BCUT2D eigenvalue weighted by molar-refractivity contribution is -0.121. The van der Waals surface area contributed by atoms with Crippen LogP contribution in [-0.2, 0) is 4.79 Å². The molecule has 4 bridgehead atoms. The Hall–Kier alpha value is -2.03. The predicted octanol–water partition coefficient (Wildman–Crippen LogP) is 2.76. The van der Waals surface area contributed by atoms with E-state index in [0.29, 0.717) is 53.0 Å².